The lowest BCUT2D eigenvalue weighted by molar-refractivity contribution is -0.142. The summed E-state index contributed by atoms with van der Waals surface area (Å²) in [5.41, 5.74) is 0.875. The number of hydrogen-bond donors (Lipinski definition) is 1. The summed E-state index contributed by atoms with van der Waals surface area (Å²) in [4.78, 5) is 43.1. The summed E-state index contributed by atoms with van der Waals surface area (Å²) in [5, 5.41) is 4.05. The van der Waals surface area contributed by atoms with E-state index in [4.69, 9.17) is 21.7 Å². The van der Waals surface area contributed by atoms with Crippen molar-refractivity contribution in [3.63, 3.8) is 0 Å². The lowest BCUT2D eigenvalue weighted by Gasteiger charge is -2.37. The molecule has 0 aromatic carbocycles. The smallest absolute Gasteiger partial charge is 0.341 e. The lowest BCUT2D eigenvalue weighted by atomic mass is 10.1. The van der Waals surface area contributed by atoms with Crippen LogP contribution in [0.1, 0.15) is 38.4 Å². The number of carbonyl (C=O) groups excluding carboxylic acids is 3. The molecule has 1 atom stereocenters. The second kappa shape index (κ2) is 9.92. The fourth-order valence-corrected chi connectivity index (χ4v) is 5.20. The van der Waals surface area contributed by atoms with Crippen LogP contribution in [0.5, 0.6) is 0 Å². The van der Waals surface area contributed by atoms with Crippen LogP contribution in [-0.2, 0) is 14.3 Å². The molecule has 170 valence electrons. The quantitative estimate of drug-likeness (QED) is 0.526. The molecule has 9 nitrogen and oxygen atoms in total. The van der Waals surface area contributed by atoms with Crippen molar-refractivity contribution in [2.75, 3.05) is 59.3 Å². The molecule has 11 heteroatoms. The summed E-state index contributed by atoms with van der Waals surface area (Å²) in [6, 6.07) is 0. The third-order valence-electron chi connectivity index (χ3n) is 5.44. The van der Waals surface area contributed by atoms with Crippen molar-refractivity contribution < 1.29 is 23.9 Å². The highest BCUT2D eigenvalue weighted by atomic mass is 32.1. The maximum atomic E-state index is 12.5. The number of methoxy groups -OCH3 is 1. The number of thiocarbonyl (C=S) groups is 1. The van der Waals surface area contributed by atoms with Crippen LogP contribution in [0.2, 0.25) is 0 Å². The van der Waals surface area contributed by atoms with Gasteiger partial charge < -0.3 is 29.5 Å². The summed E-state index contributed by atoms with van der Waals surface area (Å²) < 4.78 is 10.4. The summed E-state index contributed by atoms with van der Waals surface area (Å²) in [6.45, 7) is 4.63. The number of ether oxygens (including phenoxy) is 2. The van der Waals surface area contributed by atoms with Gasteiger partial charge >= 0.3 is 5.97 Å². The number of nitrogens with zero attached hydrogens (tertiary/aromatic N) is 3. The molecule has 2 fully saturated rings. The van der Waals surface area contributed by atoms with Crippen LogP contribution in [0.4, 0.5) is 5.00 Å². The summed E-state index contributed by atoms with van der Waals surface area (Å²) >= 11 is 6.75. The third kappa shape index (κ3) is 4.99. The minimum Gasteiger partial charge on any atom is -0.465 e. The van der Waals surface area contributed by atoms with E-state index in [1.54, 1.807) is 21.0 Å². The normalized spacial score (nSPS) is 18.6. The average Bonchev–Trinajstić information content (AvgIpc) is 3.40. The second-order valence-corrected chi connectivity index (χ2v) is 9.10. The molecule has 31 heavy (non-hydrogen) atoms. The first-order chi connectivity index (χ1) is 14.7. The van der Waals surface area contributed by atoms with Crippen LogP contribution in [0.3, 0.4) is 0 Å². The van der Waals surface area contributed by atoms with E-state index in [0.29, 0.717) is 58.9 Å². The Labute approximate surface area is 191 Å². The van der Waals surface area contributed by atoms with E-state index < -0.39 is 5.97 Å². The highest BCUT2D eigenvalue weighted by molar-refractivity contribution is 7.80. The minimum atomic E-state index is -0.524. The number of piperazine rings is 1. The van der Waals surface area contributed by atoms with Gasteiger partial charge in [-0.1, -0.05) is 0 Å². The second-order valence-electron chi connectivity index (χ2n) is 7.70. The molecule has 2 aliphatic heterocycles. The van der Waals surface area contributed by atoms with E-state index in [1.165, 1.54) is 23.3 Å². The zero-order valence-electron chi connectivity index (χ0n) is 18.2. The SMILES string of the molecule is COC(=O)c1c(NC(=S)N2CCN(C(=O)C3CCCO3)CC2)sc(C(=O)N(C)C)c1C. The largest absolute Gasteiger partial charge is 0.465 e. The van der Waals surface area contributed by atoms with E-state index in [1.807, 2.05) is 9.80 Å². The predicted octanol–water partition coefficient (Wildman–Crippen LogP) is 1.56. The van der Waals surface area contributed by atoms with Crippen LogP contribution in [0, 0.1) is 6.92 Å². The van der Waals surface area contributed by atoms with E-state index >= 15 is 0 Å². The van der Waals surface area contributed by atoms with Gasteiger partial charge in [-0.2, -0.15) is 0 Å². The zero-order chi connectivity index (χ0) is 22.7. The molecule has 1 unspecified atom stereocenters. The summed E-state index contributed by atoms with van der Waals surface area (Å²) in [6.07, 6.45) is 1.38. The van der Waals surface area contributed by atoms with Crippen LogP contribution in [-0.4, -0.2) is 97.7 Å². The number of hydrogen-bond acceptors (Lipinski definition) is 7. The number of rotatable bonds is 4. The molecule has 0 bridgehead atoms. The fourth-order valence-electron chi connectivity index (χ4n) is 3.64. The lowest BCUT2D eigenvalue weighted by Crippen LogP contribution is -2.53. The standard InChI is InChI=1S/C20H28N4O5S2/c1-12-14(19(27)28-4)16(31-15(12)18(26)22(2)3)21-20(30)24-9-7-23(8-10-24)17(25)13-6-5-11-29-13/h13H,5-11H2,1-4H3,(H,21,30). The molecule has 0 spiro atoms. The van der Waals surface area contributed by atoms with Crippen molar-refractivity contribution in [3.05, 3.63) is 16.0 Å². The number of thiophene rings is 1. The zero-order valence-corrected chi connectivity index (χ0v) is 19.9. The monoisotopic (exact) mass is 468 g/mol. The molecule has 0 aliphatic carbocycles. The third-order valence-corrected chi connectivity index (χ3v) is 7.00. The highest BCUT2D eigenvalue weighted by Gasteiger charge is 2.32. The Bertz CT molecular complexity index is 871. The topological polar surface area (TPSA) is 91.4 Å². The van der Waals surface area contributed by atoms with Crippen LogP contribution < -0.4 is 5.32 Å². The van der Waals surface area contributed by atoms with E-state index in [2.05, 4.69) is 5.32 Å². The van der Waals surface area contributed by atoms with Gasteiger partial charge in [0.1, 0.15) is 11.1 Å². The van der Waals surface area contributed by atoms with Gasteiger partial charge in [0.15, 0.2) is 5.11 Å². The summed E-state index contributed by atoms with van der Waals surface area (Å²) in [5.74, 6) is -0.665. The van der Waals surface area contributed by atoms with Crippen LogP contribution in [0.25, 0.3) is 0 Å². The molecule has 1 aromatic heterocycles. The van der Waals surface area contributed by atoms with Crippen molar-refractivity contribution in [3.8, 4) is 0 Å². The maximum absolute atomic E-state index is 12.5. The highest BCUT2D eigenvalue weighted by Crippen LogP contribution is 2.34. The number of carbonyl (C=O) groups is 3. The molecule has 2 amide bonds. The molecule has 0 saturated carbocycles. The van der Waals surface area contributed by atoms with Gasteiger partial charge in [0.25, 0.3) is 11.8 Å². The van der Waals surface area contributed by atoms with Crippen molar-refractivity contribution in [1.82, 2.24) is 14.7 Å². The molecule has 1 N–H and O–H groups in total. The Morgan fingerprint density at radius 1 is 1.19 bits per heavy atom. The molecule has 1 aromatic rings. The fraction of sp³-hybridized carbons (Fsp3) is 0.600. The Kier molecular flexibility index (Phi) is 7.50. The molecule has 0 radical (unpaired) electrons. The van der Waals surface area contributed by atoms with Crippen molar-refractivity contribution in [1.29, 1.82) is 0 Å². The van der Waals surface area contributed by atoms with E-state index in [-0.39, 0.29) is 17.9 Å². The molecule has 2 saturated heterocycles. The Morgan fingerprint density at radius 2 is 1.84 bits per heavy atom. The van der Waals surface area contributed by atoms with Gasteiger partial charge in [-0.15, -0.1) is 11.3 Å². The molecular weight excluding hydrogens is 440 g/mol. The van der Waals surface area contributed by atoms with Crippen LogP contribution >= 0.6 is 23.6 Å². The van der Waals surface area contributed by atoms with Gasteiger partial charge in [-0.25, -0.2) is 4.79 Å². The predicted molar refractivity (Wildman–Crippen MR) is 122 cm³/mol. The van der Waals surface area contributed by atoms with E-state index in [0.717, 1.165) is 12.8 Å². The average molecular weight is 469 g/mol. The number of esters is 1. The van der Waals surface area contributed by atoms with E-state index in [9.17, 15) is 14.4 Å². The molecule has 3 heterocycles. The Hall–Kier alpha value is -2.24. The van der Waals surface area contributed by atoms with Crippen molar-refractivity contribution in [2.24, 2.45) is 0 Å². The first-order valence-electron chi connectivity index (χ1n) is 10.1. The molecular formula is C20H28N4O5S2. The van der Waals surface area contributed by atoms with Crippen LogP contribution in [0.15, 0.2) is 0 Å². The van der Waals surface area contributed by atoms with Gasteiger partial charge in [0, 0.05) is 46.9 Å². The number of anilines is 1. The maximum Gasteiger partial charge on any atom is 0.341 e. The van der Waals surface area contributed by atoms with Gasteiger partial charge in [0.05, 0.1) is 17.6 Å². The van der Waals surface area contributed by atoms with Gasteiger partial charge in [-0.3, -0.25) is 9.59 Å². The van der Waals surface area contributed by atoms with Crippen molar-refractivity contribution in [2.45, 2.75) is 25.9 Å². The minimum absolute atomic E-state index is 0.0460. The molecule has 2 aliphatic rings. The summed E-state index contributed by atoms with van der Waals surface area (Å²) in [7, 11) is 4.63. The number of nitrogens with one attached hydrogen (secondary N) is 1. The first kappa shape index (κ1) is 23.4. The van der Waals surface area contributed by atoms with Gasteiger partial charge in [-0.05, 0) is 37.5 Å². The first-order valence-corrected chi connectivity index (χ1v) is 11.4. The van der Waals surface area contributed by atoms with Crippen molar-refractivity contribution >= 4 is 51.5 Å². The number of amides is 2. The Morgan fingerprint density at radius 3 is 2.39 bits per heavy atom. The Balaban J connectivity index is 1.69. The van der Waals surface area contributed by atoms with Gasteiger partial charge in [0.2, 0.25) is 0 Å². The molecule has 3 rings (SSSR count).